The average molecular weight is 611 g/mol. The van der Waals surface area contributed by atoms with Crippen molar-refractivity contribution >= 4 is 22.4 Å². The van der Waals surface area contributed by atoms with E-state index in [9.17, 15) is 22.7 Å². The van der Waals surface area contributed by atoms with Crippen LogP contribution in [0.3, 0.4) is 0 Å². The summed E-state index contributed by atoms with van der Waals surface area (Å²) >= 11 is 0. The number of ether oxygens (including phenoxy) is 2. The quantitative estimate of drug-likeness (QED) is 0.233. The van der Waals surface area contributed by atoms with Crippen LogP contribution in [0.2, 0.25) is 0 Å². The van der Waals surface area contributed by atoms with Crippen molar-refractivity contribution in [2.24, 2.45) is 10.8 Å². The number of nitrogens with zero attached hydrogens (tertiary/aromatic N) is 3. The summed E-state index contributed by atoms with van der Waals surface area (Å²) in [7, 11) is 0. The minimum Gasteiger partial charge on any atom is -0.474 e. The molecule has 43 heavy (non-hydrogen) atoms. The smallest absolute Gasteiger partial charge is 0.417 e. The zero-order valence-electron chi connectivity index (χ0n) is 24.7. The second-order valence-electron chi connectivity index (χ2n) is 12.4. The third-order valence-electron chi connectivity index (χ3n) is 8.42. The molecule has 0 saturated heterocycles. The molecule has 1 aliphatic carbocycles. The molecular weight excluding hydrogens is 575 g/mol. The third-order valence-corrected chi connectivity index (χ3v) is 8.42. The number of pyridine rings is 1. The predicted molar refractivity (Wildman–Crippen MR) is 151 cm³/mol. The molecule has 1 aliphatic heterocycles. The van der Waals surface area contributed by atoms with E-state index in [2.05, 4.69) is 25.6 Å². The Labute approximate surface area is 245 Å². The largest absolute Gasteiger partial charge is 0.474 e. The molecule has 3 heterocycles. The number of nitrogens with one attached hydrogen (secondary N) is 2. The van der Waals surface area contributed by atoms with Gasteiger partial charge in [0.15, 0.2) is 5.82 Å². The summed E-state index contributed by atoms with van der Waals surface area (Å²) in [6.07, 6.45) is -6.33. The maximum absolute atomic E-state index is 16.5. The van der Waals surface area contributed by atoms with Gasteiger partial charge in [0.2, 0.25) is 5.88 Å². The first kappa shape index (κ1) is 30.9. The predicted octanol–water partition coefficient (Wildman–Crippen LogP) is 5.23. The summed E-state index contributed by atoms with van der Waals surface area (Å²) in [5, 5.41) is 17.0. The van der Waals surface area contributed by atoms with Gasteiger partial charge in [-0.15, -0.1) is 0 Å². The molecule has 2 aromatic heterocycles. The zero-order chi connectivity index (χ0) is 31.6. The molecule has 1 saturated carbocycles. The Balaban J connectivity index is 1.80. The topological polar surface area (TPSA) is 127 Å². The van der Waals surface area contributed by atoms with Gasteiger partial charge in [-0.3, -0.25) is 0 Å². The molecule has 1 aromatic carbocycles. The number of halogens is 5. The lowest BCUT2D eigenvalue weighted by atomic mass is 9.51. The van der Waals surface area contributed by atoms with Crippen LogP contribution in [0.1, 0.15) is 52.2 Å². The highest BCUT2D eigenvalue weighted by Crippen LogP contribution is 2.55. The van der Waals surface area contributed by atoms with Crippen LogP contribution in [0.5, 0.6) is 11.9 Å². The molecule has 0 radical (unpaired) electrons. The van der Waals surface area contributed by atoms with Crippen molar-refractivity contribution in [1.29, 1.82) is 0 Å². The lowest BCUT2D eigenvalue weighted by molar-refractivity contribution is -0.238. The maximum atomic E-state index is 16.5. The number of rotatable bonds is 3. The van der Waals surface area contributed by atoms with Gasteiger partial charge in [0.25, 0.3) is 0 Å². The average Bonchev–Trinajstić information content (AvgIpc) is 2.94. The monoisotopic (exact) mass is 610 g/mol. The summed E-state index contributed by atoms with van der Waals surface area (Å²) in [6, 6.07) is 0.462. The van der Waals surface area contributed by atoms with Crippen molar-refractivity contribution in [1.82, 2.24) is 20.3 Å². The minimum absolute atomic E-state index is 0.00915. The van der Waals surface area contributed by atoms with Crippen LogP contribution < -0.4 is 25.8 Å². The summed E-state index contributed by atoms with van der Waals surface area (Å²) in [5.74, 6) is -2.58. The summed E-state index contributed by atoms with van der Waals surface area (Å²) < 4.78 is 86.2. The molecule has 1 unspecified atom stereocenters. The van der Waals surface area contributed by atoms with Crippen molar-refractivity contribution in [3.05, 3.63) is 28.8 Å². The van der Waals surface area contributed by atoms with Crippen molar-refractivity contribution < 1.29 is 36.5 Å². The molecule has 3 aromatic rings. The third kappa shape index (κ3) is 5.17. The molecule has 1 atom stereocenters. The minimum atomic E-state index is -5.06. The van der Waals surface area contributed by atoms with E-state index < -0.39 is 80.5 Å². The fourth-order valence-corrected chi connectivity index (χ4v) is 6.40. The Kier molecular flexibility index (Phi) is 7.61. The number of nitrogen functional groups attached to an aromatic ring is 1. The van der Waals surface area contributed by atoms with Gasteiger partial charge in [-0.05, 0) is 38.4 Å². The van der Waals surface area contributed by atoms with E-state index in [1.54, 1.807) is 6.92 Å². The lowest BCUT2D eigenvalue weighted by Crippen LogP contribution is -2.69. The molecule has 0 spiro atoms. The second kappa shape index (κ2) is 10.6. The van der Waals surface area contributed by atoms with E-state index in [-0.39, 0.29) is 23.1 Å². The number of nitrogens with two attached hydrogens (primary N) is 1. The summed E-state index contributed by atoms with van der Waals surface area (Å²) in [4.78, 5) is 13.0. The normalized spacial score (nSPS) is 23.5. The molecule has 234 valence electrons. The number of aliphatic hydroxyl groups excluding tert-OH is 1. The van der Waals surface area contributed by atoms with Crippen LogP contribution in [-0.2, 0) is 6.18 Å². The van der Waals surface area contributed by atoms with E-state index in [0.29, 0.717) is 32.1 Å². The molecule has 9 nitrogen and oxygen atoms in total. The first-order valence-electron chi connectivity index (χ1n) is 14.0. The number of hydrogen-bond acceptors (Lipinski definition) is 9. The zero-order valence-corrected chi connectivity index (χ0v) is 24.7. The van der Waals surface area contributed by atoms with Gasteiger partial charge in [-0.1, -0.05) is 27.7 Å². The number of aromatic nitrogens is 3. The van der Waals surface area contributed by atoms with Crippen molar-refractivity contribution in [3.63, 3.8) is 0 Å². The van der Waals surface area contributed by atoms with Crippen LogP contribution in [0.15, 0.2) is 6.07 Å². The molecule has 5 N–H and O–H groups in total. The van der Waals surface area contributed by atoms with E-state index in [1.807, 2.05) is 27.7 Å². The highest BCUT2D eigenvalue weighted by Gasteiger charge is 2.63. The standard InChI is InChI=1S/C29H35F5N6O3/c1-12-7-8-36-9-10-37-22-16-21(39-26(40-22)43-25-27(3,4)24(41)28(25,5)6)19(31)20(38-23(16)42-12)14-11-15(35)18(30)13(2)17(14)29(32,33)34/h11-12,24-25,36,41H,7-10,35H2,1-6H3,(H,37,39,40). The van der Waals surface area contributed by atoms with Crippen LogP contribution in [-0.4, -0.2) is 58.0 Å². The number of anilines is 2. The summed E-state index contributed by atoms with van der Waals surface area (Å²) in [6.45, 7) is 11.4. The number of alkyl halides is 3. The van der Waals surface area contributed by atoms with Gasteiger partial charge < -0.3 is 30.9 Å². The van der Waals surface area contributed by atoms with E-state index in [1.165, 1.54) is 0 Å². The Morgan fingerprint density at radius 2 is 1.72 bits per heavy atom. The van der Waals surface area contributed by atoms with Crippen LogP contribution in [0, 0.1) is 29.4 Å². The fourth-order valence-electron chi connectivity index (χ4n) is 6.40. The number of benzene rings is 1. The molecule has 14 heteroatoms. The molecule has 0 amide bonds. The van der Waals surface area contributed by atoms with E-state index >= 15 is 4.39 Å². The lowest BCUT2D eigenvalue weighted by Gasteiger charge is -2.60. The molecule has 1 fully saturated rings. The Hall–Kier alpha value is -3.52. The van der Waals surface area contributed by atoms with E-state index in [0.717, 1.165) is 6.92 Å². The van der Waals surface area contributed by atoms with Crippen molar-refractivity contribution in [2.45, 2.75) is 72.5 Å². The number of aliphatic hydroxyl groups is 1. The van der Waals surface area contributed by atoms with Gasteiger partial charge in [0.1, 0.15) is 34.3 Å². The number of hydrogen-bond donors (Lipinski definition) is 4. The molecule has 2 aliphatic rings. The first-order valence-corrected chi connectivity index (χ1v) is 14.0. The Bertz CT molecular complexity index is 1560. The van der Waals surface area contributed by atoms with Gasteiger partial charge in [-0.25, -0.2) is 13.8 Å². The highest BCUT2D eigenvalue weighted by molar-refractivity contribution is 5.96. The van der Waals surface area contributed by atoms with E-state index in [4.69, 9.17) is 15.2 Å². The van der Waals surface area contributed by atoms with Crippen LogP contribution in [0.25, 0.3) is 22.2 Å². The van der Waals surface area contributed by atoms with Crippen molar-refractivity contribution in [3.8, 4) is 23.1 Å². The van der Waals surface area contributed by atoms with Gasteiger partial charge in [-0.2, -0.15) is 23.1 Å². The Morgan fingerprint density at radius 3 is 2.37 bits per heavy atom. The first-order chi connectivity index (χ1) is 20.0. The van der Waals surface area contributed by atoms with Gasteiger partial charge in [0.05, 0.1) is 23.5 Å². The maximum Gasteiger partial charge on any atom is 0.417 e. The highest BCUT2D eigenvalue weighted by atomic mass is 19.4. The van der Waals surface area contributed by atoms with Crippen molar-refractivity contribution in [2.75, 3.05) is 30.7 Å². The van der Waals surface area contributed by atoms with Crippen LogP contribution >= 0.6 is 0 Å². The van der Waals surface area contributed by atoms with Gasteiger partial charge in [0, 0.05) is 29.5 Å². The summed E-state index contributed by atoms with van der Waals surface area (Å²) in [5.41, 5.74) is -0.417. The van der Waals surface area contributed by atoms with Gasteiger partial charge >= 0.3 is 12.2 Å². The second-order valence-corrected chi connectivity index (χ2v) is 12.4. The fraction of sp³-hybridized carbons (Fsp3) is 0.552. The molecule has 5 rings (SSSR count). The Morgan fingerprint density at radius 1 is 1.05 bits per heavy atom. The molecular formula is C29H35F5N6O3. The molecule has 0 bridgehead atoms. The van der Waals surface area contributed by atoms with Crippen LogP contribution in [0.4, 0.5) is 33.5 Å². The SMILES string of the molecule is Cc1c(F)c(N)cc(-c2nc3c4c(nc(OC5C(C)(C)C(O)C5(C)C)nc4c2F)NCCNCCC(C)O3)c1C(F)(F)F.